The van der Waals surface area contributed by atoms with Gasteiger partial charge in [0.15, 0.2) is 0 Å². The summed E-state index contributed by atoms with van der Waals surface area (Å²) in [7, 11) is 1.60. The van der Waals surface area contributed by atoms with E-state index in [1.54, 1.807) is 25.3 Å². The summed E-state index contributed by atoms with van der Waals surface area (Å²) in [5, 5.41) is 0.605. The fourth-order valence-electron chi connectivity index (χ4n) is 2.24. The molecule has 0 aliphatic carbocycles. The van der Waals surface area contributed by atoms with E-state index in [1.165, 1.54) is 6.07 Å². The lowest BCUT2D eigenvalue weighted by atomic mass is 10.1. The van der Waals surface area contributed by atoms with Crippen LogP contribution in [0.5, 0.6) is 5.75 Å². The highest BCUT2D eigenvalue weighted by Gasteiger charge is 2.12. The molecule has 0 aliphatic rings. The first-order chi connectivity index (χ1) is 12.1. The van der Waals surface area contributed by atoms with Crippen molar-refractivity contribution in [3.05, 3.63) is 75.6 Å². The minimum Gasteiger partial charge on any atom is -0.497 e. The maximum atomic E-state index is 11.9. The quantitative estimate of drug-likeness (QED) is 0.245. The summed E-state index contributed by atoms with van der Waals surface area (Å²) in [6.07, 6.45) is 0. The molecule has 0 atom stereocenters. The van der Waals surface area contributed by atoms with Crippen molar-refractivity contribution in [3.8, 4) is 17.6 Å². The molecule has 3 rings (SSSR count). The molecule has 0 radical (unpaired) electrons. The molecule has 3 N–H and O–H groups in total. The molecule has 2 aromatic carbocycles. The number of methoxy groups -OCH3 is 1. The van der Waals surface area contributed by atoms with Crippen LogP contribution in [-0.2, 0) is 0 Å². The van der Waals surface area contributed by atoms with Crippen LogP contribution in [0.3, 0.4) is 0 Å². The molecule has 1 aromatic heterocycles. The van der Waals surface area contributed by atoms with Gasteiger partial charge in [-0.25, -0.2) is 10.6 Å². The number of benzene rings is 2. The summed E-state index contributed by atoms with van der Waals surface area (Å²) >= 11 is 0. The van der Waals surface area contributed by atoms with Crippen LogP contribution in [-0.4, -0.2) is 13.0 Å². The van der Waals surface area contributed by atoms with Crippen LogP contribution in [0.2, 0.25) is 0 Å². The van der Waals surface area contributed by atoms with Gasteiger partial charge in [0.25, 0.3) is 5.91 Å². The Bertz CT molecular complexity index is 1060. The van der Waals surface area contributed by atoms with Crippen LogP contribution >= 0.6 is 0 Å². The second-order valence-corrected chi connectivity index (χ2v) is 5.15. The van der Waals surface area contributed by atoms with Gasteiger partial charge in [0.1, 0.15) is 16.9 Å². The number of hydrogen-bond acceptors (Lipinski definition) is 5. The lowest BCUT2D eigenvalue weighted by molar-refractivity contribution is 0.0950. The van der Waals surface area contributed by atoms with Crippen molar-refractivity contribution in [3.63, 3.8) is 0 Å². The van der Waals surface area contributed by atoms with Crippen LogP contribution in [0.25, 0.3) is 11.0 Å². The average Bonchev–Trinajstić information content (AvgIpc) is 2.65. The van der Waals surface area contributed by atoms with Gasteiger partial charge in [0.05, 0.1) is 7.11 Å². The molecule has 6 nitrogen and oxygen atoms in total. The van der Waals surface area contributed by atoms with Crippen molar-refractivity contribution in [1.29, 1.82) is 0 Å². The Hall–Kier alpha value is -3.56. The summed E-state index contributed by atoms with van der Waals surface area (Å²) in [5.41, 5.74) is 2.88. The van der Waals surface area contributed by atoms with E-state index in [0.29, 0.717) is 16.5 Å². The second kappa shape index (κ2) is 6.91. The topological polar surface area (TPSA) is 94.6 Å². The highest BCUT2D eigenvalue weighted by Crippen LogP contribution is 2.16. The first-order valence-corrected chi connectivity index (χ1v) is 7.35. The third-order valence-corrected chi connectivity index (χ3v) is 3.55. The van der Waals surface area contributed by atoms with Gasteiger partial charge in [-0.3, -0.25) is 10.2 Å². The largest absolute Gasteiger partial charge is 0.497 e. The fraction of sp³-hybridized carbons (Fsp3) is 0.0526. The van der Waals surface area contributed by atoms with E-state index in [2.05, 4.69) is 11.8 Å². The number of ether oxygens (including phenoxy) is 1. The van der Waals surface area contributed by atoms with Crippen molar-refractivity contribution in [2.45, 2.75) is 0 Å². The molecule has 1 heterocycles. The Morgan fingerprint density at radius 2 is 1.76 bits per heavy atom. The van der Waals surface area contributed by atoms with Crippen molar-refractivity contribution in [2.24, 2.45) is 5.84 Å². The predicted molar refractivity (Wildman–Crippen MR) is 93.1 cm³/mol. The smallest absolute Gasteiger partial charge is 0.349 e. The molecule has 1 amide bonds. The van der Waals surface area contributed by atoms with Gasteiger partial charge >= 0.3 is 5.63 Å². The minimum absolute atomic E-state index is 0.146. The number of carbonyl (C=O) groups is 1. The fourth-order valence-corrected chi connectivity index (χ4v) is 2.24. The molecule has 124 valence electrons. The zero-order valence-corrected chi connectivity index (χ0v) is 13.3. The van der Waals surface area contributed by atoms with Gasteiger partial charge in [-0.15, -0.1) is 0 Å². The van der Waals surface area contributed by atoms with Crippen molar-refractivity contribution in [1.82, 2.24) is 5.43 Å². The first-order valence-electron chi connectivity index (χ1n) is 7.35. The third-order valence-electron chi connectivity index (χ3n) is 3.55. The number of rotatable bonds is 2. The van der Waals surface area contributed by atoms with Gasteiger partial charge in [-0.1, -0.05) is 11.8 Å². The SMILES string of the molecule is COc1ccc(C#Cc2ccc3cc(C(=O)NN)c(=O)oc3c2)cc1. The Kier molecular flexibility index (Phi) is 4.50. The van der Waals surface area contributed by atoms with Crippen LogP contribution in [0.15, 0.2) is 57.7 Å². The molecular weight excluding hydrogens is 320 g/mol. The molecular formula is C19H14N2O4. The van der Waals surface area contributed by atoms with Gasteiger partial charge in [0.2, 0.25) is 0 Å². The predicted octanol–water partition coefficient (Wildman–Crippen LogP) is 1.80. The zero-order chi connectivity index (χ0) is 17.8. The van der Waals surface area contributed by atoms with Crippen molar-refractivity contribution in [2.75, 3.05) is 7.11 Å². The van der Waals surface area contributed by atoms with E-state index in [0.717, 1.165) is 11.3 Å². The van der Waals surface area contributed by atoms with Crippen molar-refractivity contribution < 1.29 is 13.9 Å². The Labute approximate surface area is 143 Å². The van der Waals surface area contributed by atoms with E-state index in [1.807, 2.05) is 29.7 Å². The summed E-state index contributed by atoms with van der Waals surface area (Å²) < 4.78 is 10.3. The van der Waals surface area contributed by atoms with E-state index < -0.39 is 11.5 Å². The highest BCUT2D eigenvalue weighted by molar-refractivity contribution is 5.96. The molecule has 0 unspecified atom stereocenters. The lowest BCUT2D eigenvalue weighted by Gasteiger charge is -2.01. The summed E-state index contributed by atoms with van der Waals surface area (Å²) in [6.45, 7) is 0. The average molecular weight is 334 g/mol. The number of amides is 1. The molecule has 0 aliphatic heterocycles. The Morgan fingerprint density at radius 1 is 1.08 bits per heavy atom. The molecule has 0 saturated heterocycles. The van der Waals surface area contributed by atoms with Crippen LogP contribution < -0.4 is 21.6 Å². The minimum atomic E-state index is -0.754. The first kappa shape index (κ1) is 16.3. The monoisotopic (exact) mass is 334 g/mol. The Morgan fingerprint density at radius 3 is 2.44 bits per heavy atom. The number of hydrogen-bond donors (Lipinski definition) is 2. The maximum Gasteiger partial charge on any atom is 0.349 e. The van der Waals surface area contributed by atoms with Crippen LogP contribution in [0.4, 0.5) is 0 Å². The maximum absolute atomic E-state index is 11.9. The third kappa shape index (κ3) is 3.52. The number of hydrazine groups is 1. The zero-order valence-electron chi connectivity index (χ0n) is 13.3. The highest BCUT2D eigenvalue weighted by atomic mass is 16.5. The number of carbonyl (C=O) groups excluding carboxylic acids is 1. The molecule has 0 fully saturated rings. The van der Waals surface area contributed by atoms with E-state index >= 15 is 0 Å². The summed E-state index contributed by atoms with van der Waals surface area (Å²) in [5.74, 6) is 11.1. The summed E-state index contributed by atoms with van der Waals surface area (Å²) in [6, 6.07) is 13.9. The molecule has 25 heavy (non-hydrogen) atoms. The molecule has 0 saturated carbocycles. The number of nitrogens with one attached hydrogen (secondary N) is 1. The molecule has 3 aromatic rings. The Balaban J connectivity index is 1.95. The number of nitrogens with two attached hydrogens (primary N) is 1. The molecule has 0 bridgehead atoms. The number of fused-ring (bicyclic) bond motifs is 1. The molecule has 0 spiro atoms. The van der Waals surface area contributed by atoms with Gasteiger partial charge in [0, 0.05) is 16.5 Å². The van der Waals surface area contributed by atoms with Gasteiger partial charge in [-0.2, -0.15) is 0 Å². The van der Waals surface area contributed by atoms with Crippen molar-refractivity contribution >= 4 is 16.9 Å². The summed E-state index contributed by atoms with van der Waals surface area (Å²) in [4.78, 5) is 23.4. The van der Waals surface area contributed by atoms with Crippen LogP contribution in [0, 0.1) is 11.8 Å². The van der Waals surface area contributed by atoms with E-state index in [4.69, 9.17) is 15.0 Å². The number of nitrogen functional groups attached to an aromatic ring is 1. The van der Waals surface area contributed by atoms with Gasteiger partial charge in [-0.05, 0) is 48.5 Å². The second-order valence-electron chi connectivity index (χ2n) is 5.15. The lowest BCUT2D eigenvalue weighted by Crippen LogP contribution is -2.33. The van der Waals surface area contributed by atoms with E-state index in [-0.39, 0.29) is 5.56 Å². The molecule has 6 heteroatoms. The van der Waals surface area contributed by atoms with Gasteiger partial charge < -0.3 is 9.15 Å². The van der Waals surface area contributed by atoms with E-state index in [9.17, 15) is 9.59 Å². The standard InChI is InChI=1S/C19H14N2O4/c1-24-15-8-5-12(6-9-15)2-3-13-4-7-14-11-16(18(22)21-20)19(23)25-17(14)10-13/h4-11H,20H2,1H3,(H,21,22). The van der Waals surface area contributed by atoms with Crippen LogP contribution in [0.1, 0.15) is 21.5 Å². The normalized spacial score (nSPS) is 10.0.